The predicted octanol–water partition coefficient (Wildman–Crippen LogP) is 15.8. The van der Waals surface area contributed by atoms with Crippen LogP contribution in [0, 0.1) is 0 Å². The molecule has 0 saturated heterocycles. The van der Waals surface area contributed by atoms with Crippen LogP contribution in [-0.2, 0) is 38.1 Å². The summed E-state index contributed by atoms with van der Waals surface area (Å²) in [5, 5.41) is 0. The molecule has 0 rings (SSSR count). The minimum atomic E-state index is -0.800. The van der Waals surface area contributed by atoms with Gasteiger partial charge >= 0.3 is 17.9 Å². The molecule has 0 aromatic heterocycles. The Balaban J connectivity index is 4.52. The molecule has 368 valence electrons. The third kappa shape index (κ3) is 44.5. The van der Waals surface area contributed by atoms with Gasteiger partial charge in [0.25, 0.3) is 0 Å². The molecule has 2 atom stereocenters. The molecule has 0 amide bonds. The summed E-state index contributed by atoms with van der Waals surface area (Å²) in [6.45, 7) is 6.50. The largest absolute Gasteiger partial charge is 0.462 e. The lowest BCUT2D eigenvalue weighted by molar-refractivity contribution is -0.167. The smallest absolute Gasteiger partial charge is 0.306 e. The van der Waals surface area contributed by atoms with Crippen LogP contribution in [-0.4, -0.2) is 63.7 Å². The molecule has 0 heterocycles. The Morgan fingerprint density at radius 2 is 0.683 bits per heavy atom. The zero-order valence-corrected chi connectivity index (χ0v) is 41.8. The van der Waals surface area contributed by atoms with E-state index >= 15 is 0 Å². The molecular weight excluding hydrogens is 789 g/mol. The summed E-state index contributed by atoms with van der Waals surface area (Å²) in [4.78, 5) is 38.1. The molecule has 0 spiro atoms. The molecule has 0 radical (unpaired) electrons. The number of ether oxygens (including phenoxy) is 5. The summed E-state index contributed by atoms with van der Waals surface area (Å²) >= 11 is 0. The number of methoxy groups -OCH3 is 2. The number of rotatable bonds is 48. The van der Waals surface area contributed by atoms with E-state index in [-0.39, 0.29) is 31.1 Å². The summed E-state index contributed by atoms with van der Waals surface area (Å²) in [5.41, 5.74) is 0. The molecule has 2 unspecified atom stereocenters. The van der Waals surface area contributed by atoms with Gasteiger partial charge in [0.1, 0.15) is 13.2 Å². The van der Waals surface area contributed by atoms with Crippen molar-refractivity contribution in [2.75, 3.05) is 27.4 Å². The van der Waals surface area contributed by atoms with Gasteiger partial charge in [-0.3, -0.25) is 14.4 Å². The summed E-state index contributed by atoms with van der Waals surface area (Å²) in [7, 11) is 3.62. The SMILES string of the molecule is CCCCCC/C=C/CCCCCCCC(=O)OC(COC(=O)CCCCCCC/C=C/CC(CCCCC)OC)COC(=O)CCCCCCC/C=C/CC(CCCCC)OC. The molecule has 0 aliphatic heterocycles. The molecule has 0 aromatic rings. The van der Waals surface area contributed by atoms with Gasteiger partial charge in [-0.1, -0.05) is 173 Å². The van der Waals surface area contributed by atoms with Crippen LogP contribution < -0.4 is 0 Å². The van der Waals surface area contributed by atoms with Crippen LogP contribution in [0.25, 0.3) is 0 Å². The molecule has 0 aromatic carbocycles. The van der Waals surface area contributed by atoms with E-state index in [9.17, 15) is 14.4 Å². The summed E-state index contributed by atoms with van der Waals surface area (Å²) in [6.07, 6.45) is 51.2. The number of carbonyl (C=O) groups is 3. The summed E-state index contributed by atoms with van der Waals surface area (Å²) in [5.74, 6) is -0.945. The second-order valence-corrected chi connectivity index (χ2v) is 17.8. The topological polar surface area (TPSA) is 97.4 Å². The van der Waals surface area contributed by atoms with E-state index in [1.165, 1.54) is 77.0 Å². The predicted molar refractivity (Wildman–Crippen MR) is 264 cm³/mol. The van der Waals surface area contributed by atoms with E-state index in [1.807, 2.05) is 14.2 Å². The van der Waals surface area contributed by atoms with Crippen molar-refractivity contribution in [3.05, 3.63) is 36.5 Å². The van der Waals surface area contributed by atoms with Crippen molar-refractivity contribution in [3.8, 4) is 0 Å². The van der Waals surface area contributed by atoms with Gasteiger partial charge in [-0.2, -0.15) is 0 Å². The fraction of sp³-hybridized carbons (Fsp3) is 0.836. The molecule has 0 aliphatic carbocycles. The molecular formula is C55H100O8. The van der Waals surface area contributed by atoms with Gasteiger partial charge in [-0.15, -0.1) is 0 Å². The molecule has 0 saturated carbocycles. The first-order valence-electron chi connectivity index (χ1n) is 26.4. The monoisotopic (exact) mass is 889 g/mol. The first-order valence-corrected chi connectivity index (χ1v) is 26.4. The number of carbonyl (C=O) groups excluding carboxylic acids is 3. The Kier molecular flexibility index (Phi) is 47.1. The van der Waals surface area contributed by atoms with Crippen molar-refractivity contribution >= 4 is 17.9 Å². The minimum Gasteiger partial charge on any atom is -0.462 e. The Morgan fingerprint density at radius 1 is 0.365 bits per heavy atom. The van der Waals surface area contributed by atoms with Crippen LogP contribution in [0.3, 0.4) is 0 Å². The van der Waals surface area contributed by atoms with Gasteiger partial charge in [0.05, 0.1) is 12.2 Å². The third-order valence-electron chi connectivity index (χ3n) is 11.9. The lowest BCUT2D eigenvalue weighted by atomic mass is 10.1. The van der Waals surface area contributed by atoms with E-state index in [4.69, 9.17) is 23.7 Å². The lowest BCUT2D eigenvalue weighted by Gasteiger charge is -2.18. The van der Waals surface area contributed by atoms with Crippen LogP contribution in [0.5, 0.6) is 0 Å². The lowest BCUT2D eigenvalue weighted by Crippen LogP contribution is -2.30. The van der Waals surface area contributed by atoms with Crippen LogP contribution >= 0.6 is 0 Å². The zero-order valence-electron chi connectivity index (χ0n) is 41.8. The highest BCUT2D eigenvalue weighted by Gasteiger charge is 2.19. The molecule has 8 nitrogen and oxygen atoms in total. The van der Waals surface area contributed by atoms with Gasteiger partial charge in [0, 0.05) is 33.5 Å². The Hall–Kier alpha value is -2.45. The van der Waals surface area contributed by atoms with Gasteiger partial charge < -0.3 is 23.7 Å². The van der Waals surface area contributed by atoms with E-state index in [1.54, 1.807) is 0 Å². The normalized spacial score (nSPS) is 13.3. The summed E-state index contributed by atoms with van der Waals surface area (Å²) < 4.78 is 28.0. The second kappa shape index (κ2) is 49.0. The van der Waals surface area contributed by atoms with Crippen LogP contribution in [0.1, 0.15) is 252 Å². The summed E-state index contributed by atoms with van der Waals surface area (Å²) in [6, 6.07) is 0. The Labute approximate surface area is 388 Å². The van der Waals surface area contributed by atoms with E-state index in [2.05, 4.69) is 57.2 Å². The van der Waals surface area contributed by atoms with E-state index in [0.29, 0.717) is 31.5 Å². The highest BCUT2D eigenvalue weighted by atomic mass is 16.6. The zero-order chi connectivity index (χ0) is 46.1. The standard InChI is InChI=1S/C55H100O8/c1-6-9-12-13-14-15-16-17-18-19-28-33-40-47-55(58)63-52(48-61-53(56)45-38-31-26-22-20-24-29-36-43-50(59-4)41-34-10-7-2)49-62-54(57)46-39-32-27-23-21-25-30-37-44-51(60-5)42-35-11-8-3/h15-16,29-30,36-37,50-52H,6-14,17-28,31-35,38-49H2,1-5H3/b16-15+,36-29+,37-30+. The molecule has 0 N–H and O–H groups in total. The molecule has 0 fully saturated rings. The molecule has 8 heteroatoms. The number of allylic oxidation sites excluding steroid dienone is 4. The molecule has 0 aliphatic rings. The highest BCUT2D eigenvalue weighted by molar-refractivity contribution is 5.71. The van der Waals surface area contributed by atoms with Crippen molar-refractivity contribution in [1.82, 2.24) is 0 Å². The van der Waals surface area contributed by atoms with Crippen molar-refractivity contribution in [2.45, 2.75) is 270 Å². The Morgan fingerprint density at radius 3 is 1.06 bits per heavy atom. The number of unbranched alkanes of at least 4 members (excludes halogenated alkanes) is 23. The molecule has 0 bridgehead atoms. The fourth-order valence-electron chi connectivity index (χ4n) is 7.63. The van der Waals surface area contributed by atoms with Gasteiger partial charge in [0.2, 0.25) is 0 Å². The maximum atomic E-state index is 12.8. The highest BCUT2D eigenvalue weighted by Crippen LogP contribution is 2.15. The quantitative estimate of drug-likeness (QED) is 0.0258. The van der Waals surface area contributed by atoms with Crippen molar-refractivity contribution in [3.63, 3.8) is 0 Å². The van der Waals surface area contributed by atoms with Gasteiger partial charge in [-0.25, -0.2) is 0 Å². The maximum absolute atomic E-state index is 12.8. The first kappa shape index (κ1) is 60.5. The van der Waals surface area contributed by atoms with Gasteiger partial charge in [0.15, 0.2) is 6.10 Å². The second-order valence-electron chi connectivity index (χ2n) is 17.8. The average Bonchev–Trinajstić information content (AvgIpc) is 3.28. The van der Waals surface area contributed by atoms with Crippen LogP contribution in [0.15, 0.2) is 36.5 Å². The molecule has 63 heavy (non-hydrogen) atoms. The third-order valence-corrected chi connectivity index (χ3v) is 11.9. The van der Waals surface area contributed by atoms with Crippen molar-refractivity contribution in [2.24, 2.45) is 0 Å². The average molecular weight is 889 g/mol. The number of esters is 3. The van der Waals surface area contributed by atoms with Gasteiger partial charge in [-0.05, 0) is 96.3 Å². The van der Waals surface area contributed by atoms with Crippen LogP contribution in [0.2, 0.25) is 0 Å². The fourth-order valence-corrected chi connectivity index (χ4v) is 7.63. The van der Waals surface area contributed by atoms with Crippen LogP contribution in [0.4, 0.5) is 0 Å². The number of hydrogen-bond donors (Lipinski definition) is 0. The first-order chi connectivity index (χ1) is 30.9. The number of hydrogen-bond acceptors (Lipinski definition) is 8. The van der Waals surface area contributed by atoms with Crippen molar-refractivity contribution in [1.29, 1.82) is 0 Å². The maximum Gasteiger partial charge on any atom is 0.306 e. The van der Waals surface area contributed by atoms with Crippen molar-refractivity contribution < 1.29 is 38.1 Å². The van der Waals surface area contributed by atoms with E-state index in [0.717, 1.165) is 135 Å². The minimum absolute atomic E-state index is 0.0989. The Bertz CT molecular complexity index is 1040. The van der Waals surface area contributed by atoms with E-state index < -0.39 is 6.10 Å².